The number of hydrogen-bond acceptors (Lipinski definition) is 2. The summed E-state index contributed by atoms with van der Waals surface area (Å²) < 4.78 is 0. The maximum absolute atomic E-state index is 8.73. The van der Waals surface area contributed by atoms with Gasteiger partial charge < -0.3 is 0 Å². The van der Waals surface area contributed by atoms with Crippen molar-refractivity contribution in [3.63, 3.8) is 0 Å². The third-order valence-corrected chi connectivity index (χ3v) is 2.38. The molecule has 15 heavy (non-hydrogen) atoms. The lowest BCUT2D eigenvalue weighted by molar-refractivity contribution is 1.37. The summed E-state index contributed by atoms with van der Waals surface area (Å²) in [5, 5.41) is 17.8. The monoisotopic (exact) mass is 258 g/mol. The summed E-state index contributed by atoms with van der Waals surface area (Å²) in [5.74, 6) is 5.62. The molecule has 0 aliphatic carbocycles. The molecule has 0 aliphatic heterocycles. The molecule has 1 aromatic carbocycles. The minimum atomic E-state index is 0.207. The van der Waals surface area contributed by atoms with E-state index in [1.54, 1.807) is 12.1 Å². The Morgan fingerprint density at radius 1 is 1.27 bits per heavy atom. The number of benzene rings is 1. The average molecular weight is 259 g/mol. The van der Waals surface area contributed by atoms with Crippen molar-refractivity contribution < 1.29 is 0 Å². The maximum Gasteiger partial charge on any atom is 0.0992 e. The molecule has 2 nitrogen and oxygen atoms in total. The highest BCUT2D eigenvalue weighted by molar-refractivity contribution is 9.08. The van der Waals surface area contributed by atoms with Crippen molar-refractivity contribution in [1.29, 1.82) is 10.5 Å². The van der Waals surface area contributed by atoms with Crippen molar-refractivity contribution in [3.8, 4) is 24.0 Å². The lowest BCUT2D eigenvalue weighted by Crippen LogP contribution is -1.87. The van der Waals surface area contributed by atoms with Crippen LogP contribution in [0.3, 0.4) is 0 Å². The number of hydrogen-bond donors (Lipinski definition) is 0. The second-order valence-corrected chi connectivity index (χ2v) is 3.31. The van der Waals surface area contributed by atoms with Crippen LogP contribution in [-0.4, -0.2) is 0 Å². The van der Waals surface area contributed by atoms with Gasteiger partial charge in [0.1, 0.15) is 0 Å². The van der Waals surface area contributed by atoms with Gasteiger partial charge in [0.15, 0.2) is 0 Å². The predicted molar refractivity (Wildman–Crippen MR) is 60.9 cm³/mol. The molecular weight excluding hydrogens is 252 g/mol. The van der Waals surface area contributed by atoms with Gasteiger partial charge >= 0.3 is 0 Å². The Hall–Kier alpha value is -1.76. The molecular formula is C12H7BrN2. The third kappa shape index (κ3) is 3.13. The first kappa shape index (κ1) is 11.3. The highest BCUT2D eigenvalue weighted by atomic mass is 79.9. The molecule has 3 heteroatoms. The van der Waals surface area contributed by atoms with Gasteiger partial charge in [-0.2, -0.15) is 10.5 Å². The van der Waals surface area contributed by atoms with Crippen molar-refractivity contribution in [2.24, 2.45) is 0 Å². The van der Waals surface area contributed by atoms with Gasteiger partial charge in [0.2, 0.25) is 0 Å². The van der Waals surface area contributed by atoms with E-state index in [0.717, 1.165) is 11.1 Å². The molecule has 0 saturated heterocycles. The molecule has 1 rings (SSSR count). The zero-order valence-electron chi connectivity index (χ0n) is 7.92. The SMILES string of the molecule is N#CCC#Cc1cc(C#N)ccc1CBr. The first-order chi connectivity index (χ1) is 7.31. The van der Waals surface area contributed by atoms with Crippen molar-refractivity contribution in [2.45, 2.75) is 11.8 Å². The van der Waals surface area contributed by atoms with Gasteiger partial charge in [-0.1, -0.05) is 33.8 Å². The minimum Gasteiger partial charge on any atom is -0.197 e. The zero-order chi connectivity index (χ0) is 11.1. The molecule has 0 heterocycles. The van der Waals surface area contributed by atoms with E-state index < -0.39 is 0 Å². The summed E-state index contributed by atoms with van der Waals surface area (Å²) >= 11 is 3.35. The van der Waals surface area contributed by atoms with Crippen LogP contribution in [0.2, 0.25) is 0 Å². The average Bonchev–Trinajstić information content (AvgIpc) is 2.29. The van der Waals surface area contributed by atoms with Crippen LogP contribution in [0, 0.1) is 34.5 Å². The normalized spacial score (nSPS) is 8.20. The highest BCUT2D eigenvalue weighted by Gasteiger charge is 1.99. The number of alkyl halides is 1. The summed E-state index contributed by atoms with van der Waals surface area (Å²) in [6, 6.07) is 9.37. The molecule has 72 valence electrons. The molecule has 0 unspecified atom stereocenters. The van der Waals surface area contributed by atoms with Crippen molar-refractivity contribution in [2.75, 3.05) is 0 Å². The van der Waals surface area contributed by atoms with Gasteiger partial charge in [-0.3, -0.25) is 0 Å². The van der Waals surface area contributed by atoms with E-state index in [1.165, 1.54) is 0 Å². The van der Waals surface area contributed by atoms with Crippen LogP contribution in [0.4, 0.5) is 0 Å². The van der Waals surface area contributed by atoms with E-state index in [1.807, 2.05) is 12.1 Å². The number of halogens is 1. The number of nitrogens with zero attached hydrogens (tertiary/aromatic N) is 2. The van der Waals surface area contributed by atoms with Crippen LogP contribution >= 0.6 is 15.9 Å². The molecule has 0 aromatic heterocycles. The number of rotatable bonds is 1. The summed E-state index contributed by atoms with van der Waals surface area (Å²) in [4.78, 5) is 0. The Labute approximate surface area is 97.3 Å². The summed E-state index contributed by atoms with van der Waals surface area (Å²) in [7, 11) is 0. The van der Waals surface area contributed by atoms with E-state index in [2.05, 4.69) is 33.8 Å². The first-order valence-corrected chi connectivity index (χ1v) is 5.38. The maximum atomic E-state index is 8.73. The second kappa shape index (κ2) is 5.86. The lowest BCUT2D eigenvalue weighted by atomic mass is 10.1. The summed E-state index contributed by atoms with van der Waals surface area (Å²) in [6.45, 7) is 0. The fourth-order valence-electron chi connectivity index (χ4n) is 1.06. The van der Waals surface area contributed by atoms with Gasteiger partial charge in [-0.05, 0) is 17.7 Å². The Morgan fingerprint density at radius 3 is 2.67 bits per heavy atom. The lowest BCUT2D eigenvalue weighted by Gasteiger charge is -1.99. The van der Waals surface area contributed by atoms with Crippen molar-refractivity contribution >= 4 is 15.9 Å². The fourth-order valence-corrected chi connectivity index (χ4v) is 1.55. The molecule has 0 amide bonds. The van der Waals surface area contributed by atoms with Crippen LogP contribution in [0.5, 0.6) is 0 Å². The topological polar surface area (TPSA) is 47.6 Å². The molecule has 0 aliphatic rings. The van der Waals surface area contributed by atoms with E-state index in [-0.39, 0.29) is 6.42 Å². The molecule has 1 aromatic rings. The molecule has 0 radical (unpaired) electrons. The van der Waals surface area contributed by atoms with E-state index in [4.69, 9.17) is 10.5 Å². The first-order valence-electron chi connectivity index (χ1n) is 4.26. The zero-order valence-corrected chi connectivity index (χ0v) is 9.50. The smallest absolute Gasteiger partial charge is 0.0992 e. The quantitative estimate of drug-likeness (QED) is 0.575. The van der Waals surface area contributed by atoms with Gasteiger partial charge in [-0.25, -0.2) is 0 Å². The summed E-state index contributed by atoms with van der Waals surface area (Å²) in [5.41, 5.74) is 2.42. The molecule has 0 bridgehead atoms. The highest BCUT2D eigenvalue weighted by Crippen LogP contribution is 2.13. The summed E-state index contributed by atoms with van der Waals surface area (Å²) in [6.07, 6.45) is 0.207. The Bertz CT molecular complexity index is 495. The second-order valence-electron chi connectivity index (χ2n) is 2.75. The van der Waals surface area contributed by atoms with E-state index >= 15 is 0 Å². The van der Waals surface area contributed by atoms with Crippen LogP contribution in [0.25, 0.3) is 0 Å². The Morgan fingerprint density at radius 2 is 2.07 bits per heavy atom. The predicted octanol–water partition coefficient (Wildman–Crippen LogP) is 2.72. The molecule has 0 spiro atoms. The van der Waals surface area contributed by atoms with E-state index in [0.29, 0.717) is 10.9 Å². The Balaban J connectivity index is 3.11. The molecule has 0 N–H and O–H groups in total. The minimum absolute atomic E-state index is 0.207. The van der Waals surface area contributed by atoms with Crippen LogP contribution < -0.4 is 0 Å². The van der Waals surface area contributed by atoms with Gasteiger partial charge in [-0.15, -0.1) is 0 Å². The number of nitriles is 2. The standard InChI is InChI=1S/C12H7BrN2/c13-8-12-5-4-10(9-15)7-11(12)3-1-2-6-14/h4-5,7H,2,8H2. The fraction of sp³-hybridized carbons (Fsp3) is 0.167. The molecule has 0 atom stereocenters. The van der Waals surface area contributed by atoms with E-state index in [9.17, 15) is 0 Å². The Kier molecular flexibility index (Phi) is 4.42. The largest absolute Gasteiger partial charge is 0.197 e. The van der Waals surface area contributed by atoms with Crippen molar-refractivity contribution in [3.05, 3.63) is 34.9 Å². The van der Waals surface area contributed by atoms with Crippen LogP contribution in [-0.2, 0) is 5.33 Å². The van der Waals surface area contributed by atoms with Gasteiger partial charge in [0.05, 0.1) is 24.1 Å². The molecule has 0 fully saturated rings. The van der Waals surface area contributed by atoms with Gasteiger partial charge in [0, 0.05) is 10.9 Å². The van der Waals surface area contributed by atoms with Gasteiger partial charge in [0.25, 0.3) is 0 Å². The van der Waals surface area contributed by atoms with Crippen LogP contribution in [0.15, 0.2) is 18.2 Å². The molecule has 0 saturated carbocycles. The third-order valence-electron chi connectivity index (χ3n) is 1.77. The van der Waals surface area contributed by atoms with Crippen LogP contribution in [0.1, 0.15) is 23.1 Å². The van der Waals surface area contributed by atoms with Crippen molar-refractivity contribution in [1.82, 2.24) is 0 Å².